The number of amides is 2. The Hall–Kier alpha value is -4.54. The van der Waals surface area contributed by atoms with Crippen molar-refractivity contribution in [1.82, 2.24) is 10.2 Å². The summed E-state index contributed by atoms with van der Waals surface area (Å²) in [6.45, 7) is 3.18. The Labute approximate surface area is 275 Å². The fourth-order valence-corrected chi connectivity index (χ4v) is 6.77. The van der Waals surface area contributed by atoms with E-state index in [4.69, 9.17) is 21.1 Å². The third-order valence-corrected chi connectivity index (χ3v) is 9.52. The predicted octanol–water partition coefficient (Wildman–Crippen LogP) is 5.56. The predicted molar refractivity (Wildman–Crippen MR) is 180 cm³/mol. The van der Waals surface area contributed by atoms with Crippen molar-refractivity contribution in [2.75, 3.05) is 32.1 Å². The van der Waals surface area contributed by atoms with E-state index < -0.39 is 28.5 Å². The molecule has 0 heterocycles. The van der Waals surface area contributed by atoms with E-state index in [-0.39, 0.29) is 29.5 Å². The summed E-state index contributed by atoms with van der Waals surface area (Å²) < 4.78 is 40.6. The quantitative estimate of drug-likeness (QED) is 0.201. The van der Waals surface area contributed by atoms with E-state index in [9.17, 15) is 18.0 Å². The first-order valence-electron chi connectivity index (χ1n) is 14.6. The highest BCUT2D eigenvalue weighted by molar-refractivity contribution is 7.92. The summed E-state index contributed by atoms with van der Waals surface area (Å²) in [6, 6.07) is 25.0. The van der Waals surface area contributed by atoms with Gasteiger partial charge in [-0.05, 0) is 72.5 Å². The first kappa shape index (κ1) is 34.3. The van der Waals surface area contributed by atoms with Crippen LogP contribution in [0.5, 0.6) is 11.5 Å². The number of benzene rings is 4. The molecule has 0 fully saturated rings. The molecule has 4 aromatic carbocycles. The maximum absolute atomic E-state index is 14.5. The van der Waals surface area contributed by atoms with Crippen molar-refractivity contribution >= 4 is 39.1 Å². The second-order valence-corrected chi connectivity index (χ2v) is 13.1. The molecule has 0 saturated carbocycles. The first-order valence-corrected chi connectivity index (χ1v) is 16.4. The molecule has 0 aliphatic carbocycles. The van der Waals surface area contributed by atoms with E-state index >= 15 is 0 Å². The molecule has 11 heteroatoms. The number of carbonyl (C=O) groups is 2. The SMILES string of the molecule is CNC(=O)[C@@H](Cc1ccccc1)N(Cc1ccc(Cl)cc1)C(=O)CN(c1cc(C)cc(C)c1)S(=O)(=O)c1ccc(OC)c(OC)c1. The van der Waals surface area contributed by atoms with Crippen LogP contribution in [0.1, 0.15) is 22.3 Å². The van der Waals surface area contributed by atoms with Crippen molar-refractivity contribution in [3.63, 3.8) is 0 Å². The number of sulfonamides is 1. The Balaban J connectivity index is 1.83. The molecule has 9 nitrogen and oxygen atoms in total. The highest BCUT2D eigenvalue weighted by Crippen LogP contribution is 2.33. The van der Waals surface area contributed by atoms with Gasteiger partial charge in [0.25, 0.3) is 10.0 Å². The summed E-state index contributed by atoms with van der Waals surface area (Å²) in [4.78, 5) is 29.2. The van der Waals surface area contributed by atoms with E-state index in [1.54, 1.807) is 36.4 Å². The van der Waals surface area contributed by atoms with Gasteiger partial charge < -0.3 is 19.7 Å². The molecule has 1 atom stereocenters. The number of hydrogen-bond donors (Lipinski definition) is 1. The molecular weight excluding hydrogens is 626 g/mol. The standard InChI is InChI=1S/C35H38ClN3O6S/c1-24-17-25(2)19-29(18-24)39(46(42,43)30-15-16-32(44-4)33(21-30)45-5)23-34(40)38(22-27-11-13-28(36)14-12-27)31(35(41)37-3)20-26-9-7-6-8-10-26/h6-19,21,31H,20,22-23H2,1-5H3,(H,37,41)/t31-/m1/s1. The topological polar surface area (TPSA) is 105 Å². The average Bonchev–Trinajstić information content (AvgIpc) is 3.05. The second-order valence-electron chi connectivity index (χ2n) is 10.8. The highest BCUT2D eigenvalue weighted by Gasteiger charge is 2.35. The van der Waals surface area contributed by atoms with Crippen molar-refractivity contribution in [3.8, 4) is 11.5 Å². The molecule has 0 radical (unpaired) electrons. The molecule has 46 heavy (non-hydrogen) atoms. The lowest BCUT2D eigenvalue weighted by Gasteiger charge is -2.33. The van der Waals surface area contributed by atoms with Gasteiger partial charge >= 0.3 is 0 Å². The number of carbonyl (C=O) groups excluding carboxylic acids is 2. The van der Waals surface area contributed by atoms with Crippen LogP contribution in [0.25, 0.3) is 0 Å². The lowest BCUT2D eigenvalue weighted by Crippen LogP contribution is -2.53. The molecule has 0 saturated heterocycles. The van der Waals surface area contributed by atoms with Crippen LogP contribution in [0.3, 0.4) is 0 Å². The Kier molecular flexibility index (Phi) is 11.3. The number of halogens is 1. The zero-order valence-electron chi connectivity index (χ0n) is 26.5. The Morgan fingerprint density at radius 3 is 2.04 bits per heavy atom. The summed E-state index contributed by atoms with van der Waals surface area (Å²) in [7, 11) is 0.0530. The smallest absolute Gasteiger partial charge is 0.264 e. The molecule has 242 valence electrons. The van der Waals surface area contributed by atoms with E-state index in [1.807, 2.05) is 50.2 Å². The van der Waals surface area contributed by atoms with Gasteiger partial charge in [-0.15, -0.1) is 0 Å². The fraction of sp³-hybridized carbons (Fsp3) is 0.257. The zero-order chi connectivity index (χ0) is 33.4. The molecule has 0 aliphatic rings. The zero-order valence-corrected chi connectivity index (χ0v) is 28.1. The lowest BCUT2D eigenvalue weighted by atomic mass is 10.0. The summed E-state index contributed by atoms with van der Waals surface area (Å²) in [6.07, 6.45) is 0.214. The van der Waals surface area contributed by atoms with Crippen LogP contribution in [0.4, 0.5) is 5.69 Å². The molecule has 0 aliphatic heterocycles. The number of hydrogen-bond acceptors (Lipinski definition) is 6. The van der Waals surface area contributed by atoms with Gasteiger partial charge in [-0.25, -0.2) is 8.42 Å². The van der Waals surface area contributed by atoms with Crippen molar-refractivity contribution in [2.24, 2.45) is 0 Å². The minimum atomic E-state index is -4.33. The van der Waals surface area contributed by atoms with Gasteiger partial charge in [0.05, 0.1) is 24.8 Å². The molecule has 4 aromatic rings. The van der Waals surface area contributed by atoms with Crippen molar-refractivity contribution in [3.05, 3.63) is 118 Å². The molecule has 1 N–H and O–H groups in total. The monoisotopic (exact) mass is 663 g/mol. The van der Waals surface area contributed by atoms with Gasteiger partial charge in [0.2, 0.25) is 11.8 Å². The van der Waals surface area contributed by atoms with Crippen LogP contribution in [0.2, 0.25) is 5.02 Å². The third-order valence-electron chi connectivity index (χ3n) is 7.50. The molecular formula is C35H38ClN3O6S. The molecule has 0 unspecified atom stereocenters. The third kappa shape index (κ3) is 8.18. The van der Waals surface area contributed by atoms with E-state index in [0.29, 0.717) is 16.5 Å². The van der Waals surface area contributed by atoms with E-state index in [2.05, 4.69) is 5.32 Å². The molecule has 4 rings (SSSR count). The average molecular weight is 664 g/mol. The number of anilines is 1. The van der Waals surface area contributed by atoms with Gasteiger partial charge in [0, 0.05) is 31.1 Å². The first-order chi connectivity index (χ1) is 22.0. The minimum absolute atomic E-state index is 0.0397. The summed E-state index contributed by atoms with van der Waals surface area (Å²) in [5, 5.41) is 3.21. The number of methoxy groups -OCH3 is 2. The maximum atomic E-state index is 14.5. The number of rotatable bonds is 13. The van der Waals surface area contributed by atoms with Crippen LogP contribution in [-0.2, 0) is 32.6 Å². The maximum Gasteiger partial charge on any atom is 0.264 e. The number of nitrogens with zero attached hydrogens (tertiary/aromatic N) is 2. The Bertz CT molecular complexity index is 1760. The van der Waals surface area contributed by atoms with Gasteiger partial charge in [0.1, 0.15) is 12.6 Å². The summed E-state index contributed by atoms with van der Waals surface area (Å²) in [5.74, 6) is -0.365. The summed E-state index contributed by atoms with van der Waals surface area (Å²) >= 11 is 6.13. The summed E-state index contributed by atoms with van der Waals surface area (Å²) in [5.41, 5.74) is 3.52. The molecule has 0 spiro atoms. The molecule has 0 bridgehead atoms. The highest BCUT2D eigenvalue weighted by atomic mass is 35.5. The second kappa shape index (κ2) is 15.2. The number of nitrogens with one attached hydrogen (secondary N) is 1. The number of likely N-dealkylation sites (N-methyl/N-ethyl adjacent to an activating group) is 1. The Morgan fingerprint density at radius 1 is 0.826 bits per heavy atom. The van der Waals surface area contributed by atoms with Crippen LogP contribution >= 0.6 is 11.6 Å². The van der Waals surface area contributed by atoms with Gasteiger partial charge in [-0.3, -0.25) is 13.9 Å². The molecule has 0 aromatic heterocycles. The van der Waals surface area contributed by atoms with Gasteiger partial charge in [0.15, 0.2) is 11.5 Å². The number of aryl methyl sites for hydroxylation is 2. The van der Waals surface area contributed by atoms with Crippen LogP contribution in [0, 0.1) is 13.8 Å². The largest absolute Gasteiger partial charge is 0.493 e. The lowest BCUT2D eigenvalue weighted by molar-refractivity contribution is -0.139. The van der Waals surface area contributed by atoms with E-state index in [0.717, 1.165) is 26.6 Å². The minimum Gasteiger partial charge on any atom is -0.493 e. The van der Waals surface area contributed by atoms with Crippen LogP contribution < -0.4 is 19.1 Å². The number of ether oxygens (including phenoxy) is 2. The normalized spacial score (nSPS) is 11.8. The molecule has 2 amide bonds. The van der Waals surface area contributed by atoms with Gasteiger partial charge in [-0.1, -0.05) is 60.1 Å². The van der Waals surface area contributed by atoms with Crippen LogP contribution in [-0.4, -0.2) is 59.0 Å². The van der Waals surface area contributed by atoms with E-state index in [1.165, 1.54) is 44.4 Å². The van der Waals surface area contributed by atoms with Gasteiger partial charge in [-0.2, -0.15) is 0 Å². The fourth-order valence-electron chi connectivity index (χ4n) is 5.23. The Morgan fingerprint density at radius 2 is 1.46 bits per heavy atom. The van der Waals surface area contributed by atoms with Crippen LogP contribution in [0.15, 0.2) is 95.9 Å². The van der Waals surface area contributed by atoms with Crippen molar-refractivity contribution in [2.45, 2.75) is 37.8 Å². The van der Waals surface area contributed by atoms with Crippen molar-refractivity contribution < 1.29 is 27.5 Å². The van der Waals surface area contributed by atoms with Crippen molar-refractivity contribution in [1.29, 1.82) is 0 Å².